The second-order valence-corrected chi connectivity index (χ2v) is 5.18. The van der Waals surface area contributed by atoms with Crippen LogP contribution in [-0.2, 0) is 0 Å². The fraction of sp³-hybridized carbons (Fsp3) is 0.462. The Morgan fingerprint density at radius 3 is 2.53 bits per heavy atom. The molecule has 0 unspecified atom stereocenters. The number of benzene rings is 1. The van der Waals surface area contributed by atoms with Crippen molar-refractivity contribution in [1.29, 1.82) is 0 Å². The molecule has 1 aromatic rings. The molecule has 0 radical (unpaired) electrons. The van der Waals surface area contributed by atoms with Gasteiger partial charge in [0.25, 0.3) is 0 Å². The summed E-state index contributed by atoms with van der Waals surface area (Å²) >= 11 is 3.35. The van der Waals surface area contributed by atoms with Crippen LogP contribution in [0.15, 0.2) is 28.7 Å². The van der Waals surface area contributed by atoms with E-state index in [4.69, 9.17) is 0 Å². The van der Waals surface area contributed by atoms with Crippen LogP contribution in [0.1, 0.15) is 16.8 Å². The predicted octanol–water partition coefficient (Wildman–Crippen LogP) is 2.17. The minimum absolute atomic E-state index is 0.141. The molecule has 0 amide bonds. The summed E-state index contributed by atoms with van der Waals surface area (Å²) in [5, 5.41) is 3.17. The van der Waals surface area contributed by atoms with E-state index in [2.05, 4.69) is 26.1 Å². The normalized spacial score (nSPS) is 10.8. The molecule has 17 heavy (non-hydrogen) atoms. The summed E-state index contributed by atoms with van der Waals surface area (Å²) < 4.78 is 0.994. The zero-order chi connectivity index (χ0) is 12.7. The van der Waals surface area contributed by atoms with Gasteiger partial charge in [0.05, 0.1) is 6.54 Å². The molecule has 4 heteroatoms. The average molecular weight is 299 g/mol. The highest BCUT2D eigenvalue weighted by Gasteiger charge is 2.04. The smallest absolute Gasteiger partial charge is 0.176 e. The number of halogens is 1. The monoisotopic (exact) mass is 298 g/mol. The Bertz CT molecular complexity index is 349. The van der Waals surface area contributed by atoms with Crippen LogP contribution < -0.4 is 5.32 Å². The topological polar surface area (TPSA) is 32.3 Å². The minimum Gasteiger partial charge on any atom is -0.310 e. The van der Waals surface area contributed by atoms with Gasteiger partial charge in [0.1, 0.15) is 0 Å². The highest BCUT2D eigenvalue weighted by Crippen LogP contribution is 2.10. The molecule has 1 N–H and O–H groups in total. The third-order valence-corrected chi connectivity index (χ3v) is 2.94. The molecule has 0 aliphatic rings. The molecule has 0 aliphatic heterocycles. The lowest BCUT2D eigenvalue weighted by atomic mass is 10.1. The first-order valence-corrected chi connectivity index (χ1v) is 6.53. The molecular formula is C13H19BrN2O. The standard InChI is InChI=1S/C13H19BrN2O/c1-16(2)9-3-8-15-10-13(17)11-4-6-12(14)7-5-11/h4-7,15H,3,8-10H2,1-2H3. The van der Waals surface area contributed by atoms with Crippen LogP contribution in [0.4, 0.5) is 0 Å². The minimum atomic E-state index is 0.141. The number of carbonyl (C=O) groups excluding carboxylic acids is 1. The van der Waals surface area contributed by atoms with Gasteiger partial charge in [0.15, 0.2) is 5.78 Å². The predicted molar refractivity (Wildman–Crippen MR) is 74.5 cm³/mol. The van der Waals surface area contributed by atoms with Gasteiger partial charge >= 0.3 is 0 Å². The Balaban J connectivity index is 2.23. The summed E-state index contributed by atoms with van der Waals surface area (Å²) in [6.07, 6.45) is 1.06. The second kappa shape index (κ2) is 7.58. The van der Waals surface area contributed by atoms with E-state index in [1.165, 1.54) is 0 Å². The molecule has 0 spiro atoms. The van der Waals surface area contributed by atoms with Gasteiger partial charge in [-0.3, -0.25) is 4.79 Å². The first-order valence-electron chi connectivity index (χ1n) is 5.74. The van der Waals surface area contributed by atoms with Crippen molar-refractivity contribution < 1.29 is 4.79 Å². The maximum absolute atomic E-state index is 11.8. The summed E-state index contributed by atoms with van der Waals surface area (Å²) in [7, 11) is 4.10. The van der Waals surface area contributed by atoms with E-state index in [1.807, 2.05) is 38.4 Å². The lowest BCUT2D eigenvalue weighted by Gasteiger charge is -2.09. The van der Waals surface area contributed by atoms with Crippen LogP contribution in [0.3, 0.4) is 0 Å². The van der Waals surface area contributed by atoms with E-state index in [-0.39, 0.29) is 5.78 Å². The van der Waals surface area contributed by atoms with Gasteiger partial charge < -0.3 is 10.2 Å². The zero-order valence-corrected chi connectivity index (χ0v) is 12.0. The van der Waals surface area contributed by atoms with Gasteiger partial charge in [-0.15, -0.1) is 0 Å². The number of ketones is 1. The molecule has 1 rings (SSSR count). The van der Waals surface area contributed by atoms with Crippen molar-refractivity contribution in [2.75, 3.05) is 33.7 Å². The van der Waals surface area contributed by atoms with E-state index < -0.39 is 0 Å². The van der Waals surface area contributed by atoms with Gasteiger partial charge in [0.2, 0.25) is 0 Å². The molecule has 94 valence electrons. The number of Topliss-reactive ketones (excluding diaryl/α,β-unsaturated/α-hetero) is 1. The Morgan fingerprint density at radius 2 is 1.94 bits per heavy atom. The summed E-state index contributed by atoms with van der Waals surface area (Å²) in [5.41, 5.74) is 0.758. The first kappa shape index (κ1) is 14.4. The summed E-state index contributed by atoms with van der Waals surface area (Å²) in [6.45, 7) is 2.33. The summed E-state index contributed by atoms with van der Waals surface area (Å²) in [4.78, 5) is 13.9. The maximum atomic E-state index is 11.8. The van der Waals surface area contributed by atoms with E-state index in [0.29, 0.717) is 6.54 Å². The molecule has 3 nitrogen and oxygen atoms in total. The van der Waals surface area contributed by atoms with Gasteiger partial charge in [-0.25, -0.2) is 0 Å². The Kier molecular flexibility index (Phi) is 6.40. The highest BCUT2D eigenvalue weighted by molar-refractivity contribution is 9.10. The first-order chi connectivity index (χ1) is 8.09. The second-order valence-electron chi connectivity index (χ2n) is 4.26. The van der Waals surface area contributed by atoms with Crippen LogP contribution in [0.2, 0.25) is 0 Å². The number of carbonyl (C=O) groups is 1. The SMILES string of the molecule is CN(C)CCCNCC(=O)c1ccc(Br)cc1. The van der Waals surface area contributed by atoms with Crippen LogP contribution in [0.25, 0.3) is 0 Å². The van der Waals surface area contributed by atoms with E-state index in [9.17, 15) is 4.79 Å². The number of hydrogen-bond donors (Lipinski definition) is 1. The summed E-state index contributed by atoms with van der Waals surface area (Å²) in [5.74, 6) is 0.141. The number of rotatable bonds is 7. The zero-order valence-electron chi connectivity index (χ0n) is 10.4. The average Bonchev–Trinajstić information content (AvgIpc) is 2.29. The van der Waals surface area contributed by atoms with Gasteiger partial charge in [0, 0.05) is 10.0 Å². The molecule has 0 saturated carbocycles. The van der Waals surface area contributed by atoms with Crippen molar-refractivity contribution in [2.45, 2.75) is 6.42 Å². The summed E-state index contributed by atoms with van der Waals surface area (Å²) in [6, 6.07) is 7.46. The van der Waals surface area contributed by atoms with Crippen molar-refractivity contribution >= 4 is 21.7 Å². The largest absolute Gasteiger partial charge is 0.310 e. The van der Waals surface area contributed by atoms with Crippen LogP contribution in [-0.4, -0.2) is 44.4 Å². The van der Waals surface area contributed by atoms with Gasteiger partial charge in [-0.1, -0.05) is 28.1 Å². The third kappa shape index (κ3) is 5.96. The fourth-order valence-electron chi connectivity index (χ4n) is 1.46. The van der Waals surface area contributed by atoms with Crippen molar-refractivity contribution in [2.24, 2.45) is 0 Å². The van der Waals surface area contributed by atoms with Crippen LogP contribution >= 0.6 is 15.9 Å². The van der Waals surface area contributed by atoms with Crippen molar-refractivity contribution in [3.8, 4) is 0 Å². The quantitative estimate of drug-likeness (QED) is 0.618. The molecular weight excluding hydrogens is 280 g/mol. The maximum Gasteiger partial charge on any atom is 0.176 e. The van der Waals surface area contributed by atoms with Crippen LogP contribution in [0.5, 0.6) is 0 Å². The molecule has 0 heterocycles. The van der Waals surface area contributed by atoms with Gasteiger partial charge in [-0.2, -0.15) is 0 Å². The Morgan fingerprint density at radius 1 is 1.29 bits per heavy atom. The molecule has 0 aromatic heterocycles. The molecule has 0 aliphatic carbocycles. The third-order valence-electron chi connectivity index (χ3n) is 2.41. The molecule has 0 fully saturated rings. The van der Waals surface area contributed by atoms with E-state index in [1.54, 1.807) is 0 Å². The molecule has 0 atom stereocenters. The Hall–Kier alpha value is -0.710. The lowest BCUT2D eigenvalue weighted by Crippen LogP contribution is -2.26. The Labute approximate surface area is 111 Å². The number of nitrogens with zero attached hydrogens (tertiary/aromatic N) is 1. The van der Waals surface area contributed by atoms with Gasteiger partial charge in [-0.05, 0) is 45.7 Å². The van der Waals surface area contributed by atoms with Crippen molar-refractivity contribution in [3.63, 3.8) is 0 Å². The van der Waals surface area contributed by atoms with Crippen LogP contribution in [0, 0.1) is 0 Å². The highest BCUT2D eigenvalue weighted by atomic mass is 79.9. The fourth-order valence-corrected chi connectivity index (χ4v) is 1.72. The molecule has 0 saturated heterocycles. The van der Waals surface area contributed by atoms with Crippen molar-refractivity contribution in [1.82, 2.24) is 10.2 Å². The molecule has 0 bridgehead atoms. The van der Waals surface area contributed by atoms with E-state index >= 15 is 0 Å². The lowest BCUT2D eigenvalue weighted by molar-refractivity contribution is 0.0991. The van der Waals surface area contributed by atoms with Crippen molar-refractivity contribution in [3.05, 3.63) is 34.3 Å². The van der Waals surface area contributed by atoms with E-state index in [0.717, 1.165) is 29.5 Å². The molecule has 1 aromatic carbocycles. The number of nitrogens with one attached hydrogen (secondary N) is 1. The number of hydrogen-bond acceptors (Lipinski definition) is 3.